The number of methoxy groups -OCH3 is 1. The SMILES string of the molecule is COCc1cc(C)nc(SCC(=O)NC23CC4CC(CC(C4)C2)C3)c1C#N. The highest BCUT2D eigenvalue weighted by molar-refractivity contribution is 8.00. The van der Waals surface area contributed by atoms with E-state index in [4.69, 9.17) is 4.74 Å². The van der Waals surface area contributed by atoms with Gasteiger partial charge in [-0.2, -0.15) is 5.26 Å². The third-order valence-electron chi connectivity index (χ3n) is 6.39. The van der Waals surface area contributed by atoms with E-state index in [1.807, 2.05) is 13.0 Å². The van der Waals surface area contributed by atoms with Gasteiger partial charge in [-0.1, -0.05) is 11.8 Å². The minimum Gasteiger partial charge on any atom is -0.380 e. The van der Waals surface area contributed by atoms with Gasteiger partial charge in [-0.15, -0.1) is 0 Å². The fourth-order valence-electron chi connectivity index (χ4n) is 5.93. The highest BCUT2D eigenvalue weighted by Crippen LogP contribution is 2.55. The number of pyridine rings is 1. The van der Waals surface area contributed by atoms with E-state index in [2.05, 4.69) is 16.4 Å². The summed E-state index contributed by atoms with van der Waals surface area (Å²) in [6.45, 7) is 2.28. The number of hydrogen-bond acceptors (Lipinski definition) is 5. The van der Waals surface area contributed by atoms with E-state index in [0.29, 0.717) is 22.9 Å². The van der Waals surface area contributed by atoms with E-state index >= 15 is 0 Å². The van der Waals surface area contributed by atoms with E-state index in [-0.39, 0.29) is 11.4 Å². The molecule has 4 fully saturated rings. The number of hydrogen-bond donors (Lipinski definition) is 1. The highest BCUT2D eigenvalue weighted by atomic mass is 32.2. The lowest BCUT2D eigenvalue weighted by molar-refractivity contribution is -0.124. The van der Waals surface area contributed by atoms with Crippen LogP contribution >= 0.6 is 11.8 Å². The number of ether oxygens (including phenoxy) is 1. The molecule has 27 heavy (non-hydrogen) atoms. The molecule has 4 saturated carbocycles. The van der Waals surface area contributed by atoms with Crippen LogP contribution in [-0.4, -0.2) is 29.3 Å². The van der Waals surface area contributed by atoms with Crippen LogP contribution in [0.1, 0.15) is 55.3 Å². The normalized spacial score (nSPS) is 30.9. The first-order valence-electron chi connectivity index (χ1n) is 9.83. The van der Waals surface area contributed by atoms with Gasteiger partial charge in [0.05, 0.1) is 17.9 Å². The third kappa shape index (κ3) is 3.86. The minimum atomic E-state index is 0.0334. The Labute approximate surface area is 165 Å². The topological polar surface area (TPSA) is 75.0 Å². The van der Waals surface area contributed by atoms with Crippen LogP contribution in [0.4, 0.5) is 0 Å². The van der Waals surface area contributed by atoms with E-state index in [1.54, 1.807) is 7.11 Å². The molecule has 0 aliphatic heterocycles. The van der Waals surface area contributed by atoms with Crippen molar-refractivity contribution in [1.29, 1.82) is 5.26 Å². The molecule has 0 spiro atoms. The molecule has 0 unspecified atom stereocenters. The maximum absolute atomic E-state index is 12.7. The summed E-state index contributed by atoms with van der Waals surface area (Å²) in [5, 5.41) is 13.6. The van der Waals surface area contributed by atoms with Gasteiger partial charge in [-0.3, -0.25) is 4.79 Å². The Morgan fingerprint density at radius 1 is 1.33 bits per heavy atom. The van der Waals surface area contributed by atoms with Gasteiger partial charge >= 0.3 is 0 Å². The lowest BCUT2D eigenvalue weighted by Crippen LogP contribution is -2.60. The van der Waals surface area contributed by atoms with Crippen molar-refractivity contribution in [2.24, 2.45) is 17.8 Å². The van der Waals surface area contributed by atoms with Gasteiger partial charge < -0.3 is 10.1 Å². The second kappa shape index (κ2) is 7.44. The zero-order chi connectivity index (χ0) is 19.0. The van der Waals surface area contributed by atoms with Crippen LogP contribution in [0, 0.1) is 36.0 Å². The number of nitrogens with one attached hydrogen (secondary N) is 1. The Morgan fingerprint density at radius 3 is 2.52 bits per heavy atom. The molecular formula is C21H27N3O2S. The fourth-order valence-corrected chi connectivity index (χ4v) is 6.80. The van der Waals surface area contributed by atoms with Crippen LogP contribution in [0.5, 0.6) is 0 Å². The first kappa shape index (κ1) is 18.8. The molecule has 0 saturated heterocycles. The highest BCUT2D eigenvalue weighted by Gasteiger charge is 2.51. The molecular weight excluding hydrogens is 358 g/mol. The number of thioether (sulfide) groups is 1. The lowest BCUT2D eigenvalue weighted by atomic mass is 9.53. The van der Waals surface area contributed by atoms with E-state index < -0.39 is 0 Å². The first-order valence-corrected chi connectivity index (χ1v) is 10.8. The summed E-state index contributed by atoms with van der Waals surface area (Å²) < 4.78 is 5.20. The van der Waals surface area contributed by atoms with Crippen molar-refractivity contribution in [2.45, 2.75) is 62.6 Å². The smallest absolute Gasteiger partial charge is 0.230 e. The van der Waals surface area contributed by atoms with Crippen LogP contribution in [-0.2, 0) is 16.1 Å². The van der Waals surface area contributed by atoms with E-state index in [0.717, 1.165) is 48.3 Å². The fraction of sp³-hybridized carbons (Fsp3) is 0.667. The van der Waals surface area contributed by atoms with Gasteiger partial charge in [-0.25, -0.2) is 4.98 Å². The molecule has 0 radical (unpaired) electrons. The molecule has 1 N–H and O–H groups in total. The number of carbonyl (C=O) groups is 1. The number of nitriles is 1. The molecule has 5 nitrogen and oxygen atoms in total. The molecule has 0 aromatic carbocycles. The van der Waals surface area contributed by atoms with Crippen LogP contribution in [0.15, 0.2) is 11.1 Å². The van der Waals surface area contributed by atoms with Crippen molar-refractivity contribution in [3.05, 3.63) is 22.9 Å². The summed E-state index contributed by atoms with van der Waals surface area (Å²) in [7, 11) is 1.61. The monoisotopic (exact) mass is 385 g/mol. The van der Waals surface area contributed by atoms with Gasteiger partial charge in [0.2, 0.25) is 5.91 Å². The average Bonchev–Trinajstić information content (AvgIpc) is 2.58. The maximum atomic E-state index is 12.7. The molecule has 6 heteroatoms. The predicted octanol–water partition coefficient (Wildman–Crippen LogP) is 3.59. The molecule has 4 aliphatic carbocycles. The average molecular weight is 386 g/mol. The summed E-state index contributed by atoms with van der Waals surface area (Å²) in [6.07, 6.45) is 7.55. The molecule has 1 amide bonds. The molecule has 144 valence electrons. The molecule has 1 aromatic rings. The van der Waals surface area contributed by atoms with Crippen molar-refractivity contribution < 1.29 is 9.53 Å². The molecule has 0 atom stereocenters. The van der Waals surface area contributed by atoms with E-state index in [9.17, 15) is 10.1 Å². The summed E-state index contributed by atoms with van der Waals surface area (Å²) >= 11 is 1.36. The number of nitrogens with zero attached hydrogens (tertiary/aromatic N) is 2. The van der Waals surface area contributed by atoms with E-state index in [1.165, 1.54) is 31.0 Å². The molecule has 5 rings (SSSR count). The second-order valence-electron chi connectivity index (χ2n) is 8.68. The van der Waals surface area contributed by atoms with Gasteiger partial charge in [-0.05, 0) is 74.8 Å². The number of carbonyl (C=O) groups excluding carboxylic acids is 1. The second-order valence-corrected chi connectivity index (χ2v) is 9.65. The number of amides is 1. The predicted molar refractivity (Wildman–Crippen MR) is 104 cm³/mol. The van der Waals surface area contributed by atoms with Crippen molar-refractivity contribution in [2.75, 3.05) is 12.9 Å². The largest absolute Gasteiger partial charge is 0.380 e. The molecule has 1 aromatic heterocycles. The first-order chi connectivity index (χ1) is 13.0. The van der Waals surface area contributed by atoms with Gasteiger partial charge in [0.25, 0.3) is 0 Å². The van der Waals surface area contributed by atoms with Crippen LogP contribution in [0.2, 0.25) is 0 Å². The standard InChI is InChI=1S/C21H27N3O2S/c1-13-3-17(11-26-2)18(10-22)20(23-13)27-12-19(25)24-21-7-14-4-15(8-21)6-16(5-14)9-21/h3,14-16H,4-9,11-12H2,1-2H3,(H,24,25). The molecule has 4 aliphatic rings. The van der Waals surface area contributed by atoms with Crippen molar-refractivity contribution in [1.82, 2.24) is 10.3 Å². The summed E-state index contributed by atoms with van der Waals surface area (Å²) in [5.41, 5.74) is 2.22. The van der Waals surface area contributed by atoms with Crippen LogP contribution < -0.4 is 5.32 Å². The lowest BCUT2D eigenvalue weighted by Gasteiger charge is -2.56. The Kier molecular flexibility index (Phi) is 5.17. The van der Waals surface area contributed by atoms with Crippen molar-refractivity contribution >= 4 is 17.7 Å². The zero-order valence-electron chi connectivity index (χ0n) is 16.1. The van der Waals surface area contributed by atoms with Crippen molar-refractivity contribution in [3.63, 3.8) is 0 Å². The van der Waals surface area contributed by atoms with Crippen LogP contribution in [0.25, 0.3) is 0 Å². The number of aryl methyl sites for hydroxylation is 1. The van der Waals surface area contributed by atoms with Gasteiger partial charge in [0, 0.05) is 18.3 Å². The van der Waals surface area contributed by atoms with Gasteiger partial charge in [0.15, 0.2) is 0 Å². The van der Waals surface area contributed by atoms with Crippen molar-refractivity contribution in [3.8, 4) is 6.07 Å². The Morgan fingerprint density at radius 2 is 1.96 bits per heavy atom. The zero-order valence-corrected chi connectivity index (χ0v) is 16.9. The minimum absolute atomic E-state index is 0.0334. The maximum Gasteiger partial charge on any atom is 0.230 e. The molecule has 1 heterocycles. The van der Waals surface area contributed by atoms with Gasteiger partial charge in [0.1, 0.15) is 11.1 Å². The molecule has 4 bridgehead atoms. The Bertz CT molecular complexity index is 751. The number of rotatable bonds is 6. The number of aromatic nitrogens is 1. The quantitative estimate of drug-likeness (QED) is 0.758. The summed E-state index contributed by atoms with van der Waals surface area (Å²) in [4.78, 5) is 17.2. The Hall–Kier alpha value is -1.58. The van der Waals surface area contributed by atoms with Crippen LogP contribution in [0.3, 0.4) is 0 Å². The summed E-state index contributed by atoms with van der Waals surface area (Å²) in [6, 6.07) is 4.11. The summed E-state index contributed by atoms with van der Waals surface area (Å²) in [5.74, 6) is 2.81. The Balaban J connectivity index is 1.42. The third-order valence-corrected chi connectivity index (χ3v) is 7.37.